The second kappa shape index (κ2) is 43.4. The molecule has 8 nitrogen and oxygen atoms in total. The lowest BCUT2D eigenvalue weighted by atomic mass is 10.0. The first-order valence-corrected chi connectivity index (χ1v) is 24.7. The minimum absolute atomic E-state index is 0.0925. The molecule has 0 saturated carbocycles. The summed E-state index contributed by atoms with van der Waals surface area (Å²) in [5, 5.41) is 0. The Bertz CT molecular complexity index is 843. The van der Waals surface area contributed by atoms with Crippen LogP contribution in [0, 0.1) is 0 Å². The van der Waals surface area contributed by atoms with Crippen LogP contribution in [0.4, 0.5) is 0 Å². The van der Waals surface area contributed by atoms with Crippen LogP contribution in [0.25, 0.3) is 0 Å². The number of unbranched alkanes of at least 4 members (excludes halogenated alkanes) is 30. The van der Waals surface area contributed by atoms with Gasteiger partial charge >= 0.3 is 13.8 Å². The lowest BCUT2D eigenvalue weighted by Crippen LogP contribution is -2.28. The van der Waals surface area contributed by atoms with Gasteiger partial charge in [0.25, 0.3) is 0 Å². The first-order valence-electron chi connectivity index (χ1n) is 23.2. The number of carbonyl (C=O) groups is 1. The monoisotopic (exact) mass is 788 g/mol. The quantitative estimate of drug-likeness (QED) is 0.0271. The number of allylic oxidation sites excluding steroid dienone is 2. The van der Waals surface area contributed by atoms with Crippen molar-refractivity contribution in [2.75, 3.05) is 33.0 Å². The third kappa shape index (κ3) is 42.4. The molecule has 9 heteroatoms. The molecule has 0 aromatic carbocycles. The molecule has 0 spiro atoms. The van der Waals surface area contributed by atoms with Crippen molar-refractivity contribution in [1.82, 2.24) is 0 Å². The van der Waals surface area contributed by atoms with Crippen molar-refractivity contribution < 1.29 is 32.8 Å². The van der Waals surface area contributed by atoms with E-state index in [9.17, 15) is 14.3 Å². The minimum Gasteiger partial charge on any atom is -0.457 e. The molecule has 0 aliphatic heterocycles. The van der Waals surface area contributed by atoms with Crippen LogP contribution in [0.3, 0.4) is 0 Å². The summed E-state index contributed by atoms with van der Waals surface area (Å²) in [5.41, 5.74) is 5.38. The van der Waals surface area contributed by atoms with Crippen molar-refractivity contribution in [1.29, 1.82) is 0 Å². The second-order valence-corrected chi connectivity index (χ2v) is 17.1. The molecule has 0 aromatic rings. The molecule has 0 saturated heterocycles. The normalized spacial score (nSPS) is 13.5. The van der Waals surface area contributed by atoms with Crippen LogP contribution < -0.4 is 5.73 Å². The number of rotatable bonds is 45. The number of nitrogens with two attached hydrogens (primary N) is 1. The number of carbonyl (C=O) groups excluding carboxylic acids is 1. The van der Waals surface area contributed by atoms with Crippen LogP contribution in [0.1, 0.15) is 232 Å². The van der Waals surface area contributed by atoms with Gasteiger partial charge in [0, 0.05) is 19.6 Å². The molecule has 2 unspecified atom stereocenters. The van der Waals surface area contributed by atoms with Gasteiger partial charge in [-0.05, 0) is 38.5 Å². The summed E-state index contributed by atoms with van der Waals surface area (Å²) >= 11 is 0. The van der Waals surface area contributed by atoms with Crippen LogP contribution in [-0.4, -0.2) is 49.9 Å². The van der Waals surface area contributed by atoms with Crippen LogP contribution in [0.15, 0.2) is 12.2 Å². The summed E-state index contributed by atoms with van der Waals surface area (Å²) in [6, 6.07) is 0. The zero-order valence-corrected chi connectivity index (χ0v) is 36.6. The number of hydrogen-bond acceptors (Lipinski definition) is 7. The predicted molar refractivity (Wildman–Crippen MR) is 229 cm³/mol. The Morgan fingerprint density at radius 2 is 0.926 bits per heavy atom. The highest BCUT2D eigenvalue weighted by Crippen LogP contribution is 2.43. The maximum absolute atomic E-state index is 12.6. The molecule has 0 amide bonds. The Balaban J connectivity index is 3.96. The van der Waals surface area contributed by atoms with Gasteiger partial charge in [0.2, 0.25) is 0 Å². The van der Waals surface area contributed by atoms with E-state index in [0.717, 1.165) is 32.1 Å². The molecule has 0 heterocycles. The van der Waals surface area contributed by atoms with Crippen LogP contribution in [0.5, 0.6) is 0 Å². The Kier molecular flexibility index (Phi) is 42.8. The molecule has 322 valence electrons. The van der Waals surface area contributed by atoms with Gasteiger partial charge in [0.1, 0.15) is 6.10 Å². The third-order valence-electron chi connectivity index (χ3n) is 10.2. The maximum Gasteiger partial charge on any atom is 0.472 e. The number of phosphoric acid groups is 1. The molecule has 0 rings (SSSR count). The summed E-state index contributed by atoms with van der Waals surface area (Å²) in [6.45, 7) is 4.96. The van der Waals surface area contributed by atoms with E-state index in [0.29, 0.717) is 13.0 Å². The highest BCUT2D eigenvalue weighted by atomic mass is 31.2. The van der Waals surface area contributed by atoms with Crippen LogP contribution >= 0.6 is 7.82 Å². The minimum atomic E-state index is -4.27. The standard InChI is InChI=1S/C45H90NO7P/c1-3-5-7-9-11-13-15-17-19-21-22-23-25-27-29-31-33-35-37-40-50-42-44(43-52-54(48,49)51-41-39-46)53-45(47)38-36-34-32-30-28-26-24-20-18-16-14-12-10-8-6-4-2/h19,21,44H,3-18,20,22-43,46H2,1-2H3,(H,48,49)/b21-19-. The Hall–Kier alpha value is -0.760. The fourth-order valence-electron chi connectivity index (χ4n) is 6.76. The van der Waals surface area contributed by atoms with E-state index < -0.39 is 13.9 Å². The molecule has 3 N–H and O–H groups in total. The number of esters is 1. The average Bonchev–Trinajstić information content (AvgIpc) is 3.16. The fourth-order valence-corrected chi connectivity index (χ4v) is 7.52. The first kappa shape index (κ1) is 53.2. The zero-order chi connectivity index (χ0) is 39.5. The van der Waals surface area contributed by atoms with Gasteiger partial charge in [-0.3, -0.25) is 13.8 Å². The van der Waals surface area contributed by atoms with Gasteiger partial charge < -0.3 is 20.1 Å². The molecular weight excluding hydrogens is 697 g/mol. The fraction of sp³-hybridized carbons (Fsp3) is 0.933. The van der Waals surface area contributed by atoms with Crippen molar-refractivity contribution >= 4 is 13.8 Å². The largest absolute Gasteiger partial charge is 0.472 e. The van der Waals surface area contributed by atoms with Crippen molar-refractivity contribution in [3.05, 3.63) is 12.2 Å². The van der Waals surface area contributed by atoms with E-state index in [2.05, 4.69) is 26.0 Å². The molecule has 0 bridgehead atoms. The lowest BCUT2D eigenvalue weighted by molar-refractivity contribution is -0.154. The average molecular weight is 788 g/mol. The van der Waals surface area contributed by atoms with Crippen molar-refractivity contribution in [3.63, 3.8) is 0 Å². The van der Waals surface area contributed by atoms with Gasteiger partial charge in [0.15, 0.2) is 0 Å². The van der Waals surface area contributed by atoms with Gasteiger partial charge in [-0.2, -0.15) is 0 Å². The predicted octanol–water partition coefficient (Wildman–Crippen LogP) is 13.9. The molecule has 0 aromatic heterocycles. The van der Waals surface area contributed by atoms with Gasteiger partial charge in [-0.1, -0.05) is 199 Å². The van der Waals surface area contributed by atoms with Crippen molar-refractivity contribution in [3.8, 4) is 0 Å². The van der Waals surface area contributed by atoms with E-state index in [1.807, 2.05) is 0 Å². The van der Waals surface area contributed by atoms with E-state index in [1.165, 1.54) is 180 Å². The molecular formula is C45H90NO7P. The van der Waals surface area contributed by atoms with E-state index in [1.54, 1.807) is 0 Å². The van der Waals surface area contributed by atoms with E-state index >= 15 is 0 Å². The molecule has 0 radical (unpaired) electrons. The summed E-state index contributed by atoms with van der Waals surface area (Å²) in [4.78, 5) is 22.5. The SMILES string of the molecule is CCCCCCCCC/C=C\CCCCCCCCCCOCC(COP(=O)(O)OCCN)OC(=O)CCCCCCCCCCCCCCCCCC. The highest BCUT2D eigenvalue weighted by molar-refractivity contribution is 7.47. The molecule has 0 fully saturated rings. The van der Waals surface area contributed by atoms with Crippen molar-refractivity contribution in [2.45, 2.75) is 238 Å². The van der Waals surface area contributed by atoms with E-state index in [-0.39, 0.29) is 32.3 Å². The third-order valence-corrected chi connectivity index (χ3v) is 11.2. The van der Waals surface area contributed by atoms with Gasteiger partial charge in [0.05, 0.1) is 19.8 Å². The smallest absolute Gasteiger partial charge is 0.457 e. The molecule has 2 atom stereocenters. The summed E-state index contributed by atoms with van der Waals surface area (Å²) in [7, 11) is -4.27. The second-order valence-electron chi connectivity index (χ2n) is 15.6. The highest BCUT2D eigenvalue weighted by Gasteiger charge is 2.25. The number of phosphoric ester groups is 1. The zero-order valence-electron chi connectivity index (χ0n) is 35.7. The Labute approximate surface area is 334 Å². The maximum atomic E-state index is 12.6. The topological polar surface area (TPSA) is 117 Å². The van der Waals surface area contributed by atoms with Crippen LogP contribution in [-0.2, 0) is 27.9 Å². The molecule has 0 aliphatic carbocycles. The van der Waals surface area contributed by atoms with Gasteiger partial charge in [-0.25, -0.2) is 4.57 Å². The van der Waals surface area contributed by atoms with Crippen LogP contribution in [0.2, 0.25) is 0 Å². The number of hydrogen-bond donors (Lipinski definition) is 2. The summed E-state index contributed by atoms with van der Waals surface area (Å²) < 4.78 is 33.5. The Morgan fingerprint density at radius 1 is 0.537 bits per heavy atom. The summed E-state index contributed by atoms with van der Waals surface area (Å²) in [5.74, 6) is -0.326. The van der Waals surface area contributed by atoms with E-state index in [4.69, 9.17) is 24.3 Å². The molecule has 0 aliphatic rings. The summed E-state index contributed by atoms with van der Waals surface area (Å²) in [6.07, 6.45) is 46.6. The number of ether oxygens (including phenoxy) is 2. The first-order chi connectivity index (χ1) is 26.4. The van der Waals surface area contributed by atoms with Gasteiger partial charge in [-0.15, -0.1) is 0 Å². The lowest BCUT2D eigenvalue weighted by Gasteiger charge is -2.20. The Morgan fingerprint density at radius 3 is 1.35 bits per heavy atom. The molecule has 54 heavy (non-hydrogen) atoms. The van der Waals surface area contributed by atoms with Crippen molar-refractivity contribution in [2.24, 2.45) is 5.73 Å².